The van der Waals surface area contributed by atoms with Crippen LogP contribution in [0.25, 0.3) is 0 Å². The molecule has 1 aliphatic heterocycles. The highest BCUT2D eigenvalue weighted by Gasteiger charge is 2.38. The van der Waals surface area contributed by atoms with Gasteiger partial charge in [-0.1, -0.05) is 31.2 Å². The Bertz CT molecular complexity index is 1340. The molecule has 3 aromatic rings. The molecule has 2 heterocycles. The number of halogens is 6. The van der Waals surface area contributed by atoms with Crippen LogP contribution in [0.15, 0.2) is 48.8 Å². The number of aryl methyl sites for hydroxylation is 1. The first-order valence-corrected chi connectivity index (χ1v) is 12.7. The Labute approximate surface area is 227 Å². The van der Waals surface area contributed by atoms with Gasteiger partial charge < -0.3 is 10.0 Å². The summed E-state index contributed by atoms with van der Waals surface area (Å²) in [5.41, 5.74) is 0.580. The van der Waals surface area contributed by atoms with Gasteiger partial charge in [-0.2, -0.15) is 26.3 Å². The van der Waals surface area contributed by atoms with Crippen LogP contribution in [0.3, 0.4) is 0 Å². The summed E-state index contributed by atoms with van der Waals surface area (Å²) in [4.78, 5) is 23.4. The molecule has 1 aliphatic rings. The van der Waals surface area contributed by atoms with E-state index in [1.807, 2.05) is 19.1 Å². The number of rotatable bonds is 9. The minimum absolute atomic E-state index is 0.0964. The lowest BCUT2D eigenvalue weighted by Gasteiger charge is -2.32. The standard InChI is InChI=1S/C28H28F6N4O2/c1-2-18-14-35-26(36-15-18)38(17-21-5-6-23(27(29,30)31)13-24(21)28(32,33)34)10-9-37-8-7-20-4-3-19(12-25(39)40)11-22(20)16-37/h3-6,11,13-15H,2,7-10,12,16-17H2,1H3,(H,39,40). The Morgan fingerprint density at radius 2 is 1.70 bits per heavy atom. The Kier molecular flexibility index (Phi) is 8.67. The van der Waals surface area contributed by atoms with E-state index in [4.69, 9.17) is 5.11 Å². The van der Waals surface area contributed by atoms with Crippen LogP contribution in [0.2, 0.25) is 0 Å². The van der Waals surface area contributed by atoms with Crippen molar-refractivity contribution in [2.45, 2.75) is 51.6 Å². The lowest BCUT2D eigenvalue weighted by atomic mass is 9.96. The van der Waals surface area contributed by atoms with Crippen molar-refractivity contribution in [3.8, 4) is 0 Å². The summed E-state index contributed by atoms with van der Waals surface area (Å²) in [6, 6.07) is 7.23. The number of hydrogen-bond acceptors (Lipinski definition) is 5. The van der Waals surface area contributed by atoms with Crippen LogP contribution < -0.4 is 4.90 Å². The molecule has 0 saturated heterocycles. The van der Waals surface area contributed by atoms with Crippen LogP contribution in [0, 0.1) is 0 Å². The van der Waals surface area contributed by atoms with E-state index in [0.29, 0.717) is 37.7 Å². The highest BCUT2D eigenvalue weighted by Crippen LogP contribution is 2.38. The zero-order valence-corrected chi connectivity index (χ0v) is 21.7. The molecule has 0 bridgehead atoms. The van der Waals surface area contributed by atoms with E-state index in [2.05, 4.69) is 14.9 Å². The van der Waals surface area contributed by atoms with Crippen molar-refractivity contribution in [3.63, 3.8) is 0 Å². The molecule has 0 amide bonds. The smallest absolute Gasteiger partial charge is 0.416 e. The van der Waals surface area contributed by atoms with Gasteiger partial charge in [-0.15, -0.1) is 0 Å². The number of aliphatic carboxylic acids is 1. The lowest BCUT2D eigenvalue weighted by Crippen LogP contribution is -2.38. The molecule has 0 fully saturated rings. The molecular formula is C28H28F6N4O2. The van der Waals surface area contributed by atoms with Gasteiger partial charge in [0.05, 0.1) is 17.5 Å². The molecule has 214 valence electrons. The summed E-state index contributed by atoms with van der Waals surface area (Å²) in [5.74, 6) is -0.759. The SMILES string of the molecule is CCc1cnc(N(CCN2CCc3ccc(CC(=O)O)cc3C2)Cc2ccc(C(F)(F)F)cc2C(F)(F)F)nc1. The molecule has 0 unspecified atom stereocenters. The molecule has 2 aromatic carbocycles. The molecule has 1 N–H and O–H groups in total. The second-order valence-electron chi connectivity index (χ2n) is 9.73. The molecule has 0 saturated carbocycles. The third kappa shape index (κ3) is 7.29. The van der Waals surface area contributed by atoms with E-state index >= 15 is 0 Å². The summed E-state index contributed by atoms with van der Waals surface area (Å²) in [5, 5.41) is 9.10. The molecular weight excluding hydrogens is 538 g/mol. The minimum Gasteiger partial charge on any atom is -0.481 e. The molecule has 0 aliphatic carbocycles. The van der Waals surface area contributed by atoms with E-state index in [1.54, 1.807) is 18.5 Å². The van der Waals surface area contributed by atoms with E-state index in [1.165, 1.54) is 4.90 Å². The highest BCUT2D eigenvalue weighted by atomic mass is 19.4. The monoisotopic (exact) mass is 566 g/mol. The van der Waals surface area contributed by atoms with E-state index in [9.17, 15) is 31.1 Å². The third-order valence-corrected chi connectivity index (χ3v) is 6.89. The van der Waals surface area contributed by atoms with Crippen molar-refractivity contribution in [3.05, 3.63) is 87.7 Å². The number of hydrogen-bond donors (Lipinski definition) is 1. The second-order valence-corrected chi connectivity index (χ2v) is 9.73. The van der Waals surface area contributed by atoms with Crippen LogP contribution in [0.5, 0.6) is 0 Å². The van der Waals surface area contributed by atoms with Crippen LogP contribution in [-0.4, -0.2) is 45.6 Å². The van der Waals surface area contributed by atoms with Gasteiger partial charge in [0.25, 0.3) is 0 Å². The quantitative estimate of drug-likeness (QED) is 0.332. The predicted octanol–water partition coefficient (Wildman–Crippen LogP) is 5.77. The Hall–Kier alpha value is -3.67. The number of carbonyl (C=O) groups is 1. The normalized spacial score (nSPS) is 14.2. The van der Waals surface area contributed by atoms with Gasteiger partial charge in [-0.05, 0) is 52.8 Å². The molecule has 12 heteroatoms. The van der Waals surface area contributed by atoms with Crippen molar-refractivity contribution in [2.75, 3.05) is 24.5 Å². The third-order valence-electron chi connectivity index (χ3n) is 6.89. The summed E-state index contributed by atoms with van der Waals surface area (Å²) in [6.07, 6.45) is -5.45. The minimum atomic E-state index is -4.99. The lowest BCUT2D eigenvalue weighted by molar-refractivity contribution is -0.143. The highest BCUT2D eigenvalue weighted by molar-refractivity contribution is 5.70. The topological polar surface area (TPSA) is 69.6 Å². The summed E-state index contributed by atoms with van der Waals surface area (Å²) >= 11 is 0. The molecule has 40 heavy (non-hydrogen) atoms. The number of benzene rings is 2. The van der Waals surface area contributed by atoms with Gasteiger partial charge in [0.15, 0.2) is 0 Å². The fourth-order valence-electron chi connectivity index (χ4n) is 4.71. The van der Waals surface area contributed by atoms with Crippen LogP contribution in [0.1, 0.15) is 45.9 Å². The van der Waals surface area contributed by atoms with E-state index < -0.39 is 29.4 Å². The van der Waals surface area contributed by atoms with E-state index in [-0.39, 0.29) is 37.1 Å². The van der Waals surface area contributed by atoms with Crippen molar-refractivity contribution in [1.29, 1.82) is 0 Å². The first-order chi connectivity index (χ1) is 18.8. The van der Waals surface area contributed by atoms with Gasteiger partial charge in [0.1, 0.15) is 0 Å². The Morgan fingerprint density at radius 3 is 2.33 bits per heavy atom. The predicted molar refractivity (Wildman–Crippen MR) is 136 cm³/mol. The zero-order chi connectivity index (χ0) is 29.1. The largest absolute Gasteiger partial charge is 0.481 e. The van der Waals surface area contributed by atoms with Crippen molar-refractivity contribution in [2.24, 2.45) is 0 Å². The number of fused-ring (bicyclic) bond motifs is 1. The van der Waals surface area contributed by atoms with Gasteiger partial charge in [0, 0.05) is 45.1 Å². The van der Waals surface area contributed by atoms with Gasteiger partial charge in [-0.25, -0.2) is 9.97 Å². The Balaban J connectivity index is 1.58. The molecule has 0 spiro atoms. The van der Waals surface area contributed by atoms with Gasteiger partial charge in [0.2, 0.25) is 5.95 Å². The molecule has 0 radical (unpaired) electrons. The number of aromatic nitrogens is 2. The maximum atomic E-state index is 13.8. The van der Waals surface area contributed by atoms with Crippen LogP contribution in [0.4, 0.5) is 32.3 Å². The molecule has 0 atom stereocenters. The summed E-state index contributed by atoms with van der Waals surface area (Å²) < 4.78 is 81.0. The molecule has 6 nitrogen and oxygen atoms in total. The van der Waals surface area contributed by atoms with Crippen molar-refractivity contribution >= 4 is 11.9 Å². The maximum absolute atomic E-state index is 13.8. The average Bonchev–Trinajstić information content (AvgIpc) is 2.89. The summed E-state index contributed by atoms with van der Waals surface area (Å²) in [7, 11) is 0. The van der Waals surface area contributed by atoms with Crippen molar-refractivity contribution in [1.82, 2.24) is 14.9 Å². The summed E-state index contributed by atoms with van der Waals surface area (Å²) in [6.45, 7) is 3.41. The number of carboxylic acids is 1. The van der Waals surface area contributed by atoms with Crippen LogP contribution >= 0.6 is 0 Å². The van der Waals surface area contributed by atoms with Gasteiger partial charge >= 0.3 is 18.3 Å². The van der Waals surface area contributed by atoms with Crippen LogP contribution in [-0.2, 0) is 49.5 Å². The van der Waals surface area contributed by atoms with E-state index in [0.717, 1.165) is 29.2 Å². The molecule has 1 aromatic heterocycles. The second kappa shape index (κ2) is 11.8. The number of nitrogens with zero attached hydrogens (tertiary/aromatic N) is 4. The number of carboxylic acid groups (broad SMARTS) is 1. The van der Waals surface area contributed by atoms with Gasteiger partial charge in [-0.3, -0.25) is 9.69 Å². The first-order valence-electron chi connectivity index (χ1n) is 12.7. The zero-order valence-electron chi connectivity index (χ0n) is 21.7. The number of alkyl halides is 6. The fourth-order valence-corrected chi connectivity index (χ4v) is 4.71. The average molecular weight is 567 g/mol. The van der Waals surface area contributed by atoms with Crippen molar-refractivity contribution < 1.29 is 36.2 Å². The number of anilines is 1. The molecule has 4 rings (SSSR count). The Morgan fingerprint density at radius 1 is 0.975 bits per heavy atom. The maximum Gasteiger partial charge on any atom is 0.416 e. The fraction of sp³-hybridized carbons (Fsp3) is 0.393. The first kappa shape index (κ1) is 29.3.